The van der Waals surface area contributed by atoms with Gasteiger partial charge in [0.25, 0.3) is 0 Å². The molecule has 6 nitrogen and oxygen atoms in total. The Bertz CT molecular complexity index is 992. The fourth-order valence-corrected chi connectivity index (χ4v) is 6.04. The van der Waals surface area contributed by atoms with Crippen LogP contribution in [0.15, 0.2) is 47.2 Å². The number of hydrogen-bond donors (Lipinski definition) is 2. The number of phenolic OH excluding ortho intramolecular Hbond substituents is 1. The third kappa shape index (κ3) is 4.19. The summed E-state index contributed by atoms with van der Waals surface area (Å²) in [5, 5.41) is 21.2. The van der Waals surface area contributed by atoms with Crippen molar-refractivity contribution < 1.29 is 29.2 Å². The molecule has 0 bridgehead atoms. The van der Waals surface area contributed by atoms with E-state index in [9.17, 15) is 15.0 Å². The van der Waals surface area contributed by atoms with Crippen LogP contribution in [0.25, 0.3) is 0 Å². The molecule has 1 aliphatic carbocycles. The molecule has 0 amide bonds. The number of methoxy groups -OCH3 is 1. The number of aliphatic hydroxyl groups is 1. The maximum atomic E-state index is 12.1. The van der Waals surface area contributed by atoms with E-state index in [2.05, 4.69) is 20.8 Å². The molecule has 0 aromatic heterocycles. The third-order valence-electron chi connectivity index (χ3n) is 7.62. The Morgan fingerprint density at radius 1 is 1.24 bits per heavy atom. The molecule has 0 radical (unpaired) electrons. The number of ether oxygens (including phenoxy) is 3. The summed E-state index contributed by atoms with van der Waals surface area (Å²) in [6.07, 6.45) is 2.71. The van der Waals surface area contributed by atoms with E-state index < -0.39 is 11.7 Å². The van der Waals surface area contributed by atoms with Gasteiger partial charge in [-0.05, 0) is 43.4 Å². The molecule has 0 saturated carbocycles. The first-order valence-electron chi connectivity index (χ1n) is 11.8. The molecule has 3 aliphatic rings. The van der Waals surface area contributed by atoms with E-state index in [1.807, 2.05) is 26.0 Å². The van der Waals surface area contributed by atoms with Crippen molar-refractivity contribution in [2.24, 2.45) is 17.3 Å². The van der Waals surface area contributed by atoms with Crippen molar-refractivity contribution in [1.82, 2.24) is 0 Å². The summed E-state index contributed by atoms with van der Waals surface area (Å²) in [6, 6.07) is 7.17. The van der Waals surface area contributed by atoms with Crippen LogP contribution in [0.4, 0.5) is 0 Å². The quantitative estimate of drug-likeness (QED) is 0.597. The second kappa shape index (κ2) is 8.48. The lowest BCUT2D eigenvalue weighted by Gasteiger charge is -2.50. The van der Waals surface area contributed by atoms with Crippen LogP contribution in [0.1, 0.15) is 65.5 Å². The summed E-state index contributed by atoms with van der Waals surface area (Å²) in [6.45, 7) is 10.3. The molecular formula is C27H36O6. The number of phenols is 1. The SMILES string of the molecule is CO[C@@H](CC[C@H](C)[C@@H]1OC2=C(C3=CC(=O)O[C@]3(C)CC2(C)C)[C@@H](O)[C@H]1C)c1cccc(O)c1. The molecule has 180 valence electrons. The second-order valence-corrected chi connectivity index (χ2v) is 10.8. The first-order valence-corrected chi connectivity index (χ1v) is 11.8. The molecule has 2 heterocycles. The number of rotatable bonds is 6. The average Bonchev–Trinajstić information content (AvgIpc) is 3.02. The lowest BCUT2D eigenvalue weighted by Crippen LogP contribution is -2.50. The Kier molecular flexibility index (Phi) is 6.12. The van der Waals surface area contributed by atoms with Crippen LogP contribution in [-0.2, 0) is 19.0 Å². The Hall–Kier alpha value is -2.31. The van der Waals surface area contributed by atoms with Gasteiger partial charge < -0.3 is 24.4 Å². The number of carbonyl (C=O) groups is 1. The maximum Gasteiger partial charge on any atom is 0.332 e. The molecule has 4 rings (SSSR count). The Morgan fingerprint density at radius 2 is 1.97 bits per heavy atom. The maximum absolute atomic E-state index is 12.1. The average molecular weight is 457 g/mol. The van der Waals surface area contributed by atoms with Crippen LogP contribution in [0, 0.1) is 17.3 Å². The number of hydrogen-bond acceptors (Lipinski definition) is 6. The number of benzene rings is 1. The van der Waals surface area contributed by atoms with Gasteiger partial charge in [0.1, 0.15) is 23.2 Å². The van der Waals surface area contributed by atoms with E-state index in [-0.39, 0.29) is 41.2 Å². The lowest BCUT2D eigenvalue weighted by atomic mass is 9.64. The number of aliphatic hydroxyl groups excluding tert-OH is 1. The predicted molar refractivity (Wildman–Crippen MR) is 124 cm³/mol. The molecule has 0 unspecified atom stereocenters. The Morgan fingerprint density at radius 3 is 2.64 bits per heavy atom. The van der Waals surface area contributed by atoms with Gasteiger partial charge in [-0.25, -0.2) is 4.79 Å². The summed E-state index contributed by atoms with van der Waals surface area (Å²) in [4.78, 5) is 12.1. The molecule has 0 saturated heterocycles. The number of esters is 1. The summed E-state index contributed by atoms with van der Waals surface area (Å²) < 4.78 is 18.0. The number of aromatic hydroxyl groups is 1. The molecule has 1 aromatic carbocycles. The topological polar surface area (TPSA) is 85.2 Å². The fourth-order valence-electron chi connectivity index (χ4n) is 6.04. The van der Waals surface area contributed by atoms with Crippen LogP contribution >= 0.6 is 0 Å². The number of fused-ring (bicyclic) bond motifs is 2. The third-order valence-corrected chi connectivity index (χ3v) is 7.62. The zero-order valence-corrected chi connectivity index (χ0v) is 20.4. The van der Waals surface area contributed by atoms with Gasteiger partial charge in [0.05, 0.1) is 12.2 Å². The minimum absolute atomic E-state index is 0.128. The van der Waals surface area contributed by atoms with Gasteiger partial charge in [0, 0.05) is 42.1 Å². The van der Waals surface area contributed by atoms with Crippen molar-refractivity contribution >= 4 is 5.97 Å². The van der Waals surface area contributed by atoms with Crippen molar-refractivity contribution in [3.05, 3.63) is 52.8 Å². The smallest absolute Gasteiger partial charge is 0.332 e. The molecule has 6 atom stereocenters. The van der Waals surface area contributed by atoms with Crippen LogP contribution in [0.2, 0.25) is 0 Å². The van der Waals surface area contributed by atoms with E-state index in [1.54, 1.807) is 19.2 Å². The van der Waals surface area contributed by atoms with Gasteiger partial charge in [-0.1, -0.05) is 39.8 Å². The highest BCUT2D eigenvalue weighted by atomic mass is 16.6. The molecule has 6 heteroatoms. The molecule has 0 spiro atoms. The minimum atomic E-state index is -0.731. The van der Waals surface area contributed by atoms with Crippen LogP contribution in [0.5, 0.6) is 5.75 Å². The molecular weight excluding hydrogens is 420 g/mol. The summed E-state index contributed by atoms with van der Waals surface area (Å²) in [7, 11) is 1.68. The van der Waals surface area contributed by atoms with Gasteiger partial charge in [-0.2, -0.15) is 0 Å². The zero-order chi connectivity index (χ0) is 24.1. The van der Waals surface area contributed by atoms with Gasteiger partial charge in [0.15, 0.2) is 0 Å². The van der Waals surface area contributed by atoms with E-state index in [1.165, 1.54) is 6.08 Å². The largest absolute Gasteiger partial charge is 0.508 e. The highest BCUT2D eigenvalue weighted by Gasteiger charge is 2.56. The molecule has 2 aliphatic heterocycles. The summed E-state index contributed by atoms with van der Waals surface area (Å²) in [5.74, 6) is 0.673. The monoisotopic (exact) mass is 456 g/mol. The van der Waals surface area contributed by atoms with Crippen molar-refractivity contribution in [3.63, 3.8) is 0 Å². The van der Waals surface area contributed by atoms with Crippen LogP contribution < -0.4 is 0 Å². The van der Waals surface area contributed by atoms with Gasteiger partial charge in [0.2, 0.25) is 0 Å². The van der Waals surface area contributed by atoms with Crippen molar-refractivity contribution in [2.75, 3.05) is 7.11 Å². The van der Waals surface area contributed by atoms with E-state index in [0.717, 1.165) is 35.3 Å². The standard InChI is InChI=1S/C27H36O6/c1-15(10-11-20(31-6)17-8-7-9-18(28)12-17)24-16(2)23(30)22-19-13-21(29)33-27(19,5)14-26(3,4)25(22)32-24/h7-9,12-13,15-16,20,23-24,28,30H,10-11,14H2,1-6H3/t15-,16+,20-,23-,24-,27+/m0/s1. The molecule has 2 N–H and O–H groups in total. The number of carbonyl (C=O) groups excluding carboxylic acids is 1. The summed E-state index contributed by atoms with van der Waals surface area (Å²) >= 11 is 0. The summed E-state index contributed by atoms with van der Waals surface area (Å²) in [5.41, 5.74) is 1.33. The Labute approximate surface area is 196 Å². The normalized spacial score (nSPS) is 32.3. The van der Waals surface area contributed by atoms with Crippen molar-refractivity contribution in [1.29, 1.82) is 0 Å². The number of allylic oxidation sites excluding steroid dienone is 1. The van der Waals surface area contributed by atoms with Gasteiger partial charge in [-0.15, -0.1) is 0 Å². The van der Waals surface area contributed by atoms with Gasteiger partial charge in [-0.3, -0.25) is 0 Å². The minimum Gasteiger partial charge on any atom is -0.508 e. The van der Waals surface area contributed by atoms with Gasteiger partial charge >= 0.3 is 5.97 Å². The van der Waals surface area contributed by atoms with E-state index in [0.29, 0.717) is 6.42 Å². The highest BCUT2D eigenvalue weighted by molar-refractivity contribution is 5.88. The second-order valence-electron chi connectivity index (χ2n) is 10.8. The molecule has 33 heavy (non-hydrogen) atoms. The lowest BCUT2D eigenvalue weighted by molar-refractivity contribution is -0.149. The fraction of sp³-hybridized carbons (Fsp3) is 0.593. The van der Waals surface area contributed by atoms with Crippen LogP contribution in [0.3, 0.4) is 0 Å². The molecule has 1 aromatic rings. The molecule has 0 fully saturated rings. The Balaban J connectivity index is 1.56. The van der Waals surface area contributed by atoms with E-state index in [4.69, 9.17) is 14.2 Å². The predicted octanol–water partition coefficient (Wildman–Crippen LogP) is 4.82. The van der Waals surface area contributed by atoms with Crippen molar-refractivity contribution in [3.8, 4) is 5.75 Å². The van der Waals surface area contributed by atoms with Crippen LogP contribution in [-0.4, -0.2) is 41.1 Å². The van der Waals surface area contributed by atoms with E-state index >= 15 is 0 Å². The first-order chi connectivity index (χ1) is 15.5. The van der Waals surface area contributed by atoms with Crippen molar-refractivity contribution in [2.45, 2.75) is 77.8 Å². The highest BCUT2D eigenvalue weighted by Crippen LogP contribution is 2.56. The first kappa shape index (κ1) is 23.8. The zero-order valence-electron chi connectivity index (χ0n) is 20.4.